The van der Waals surface area contributed by atoms with Gasteiger partial charge >= 0.3 is 0 Å². The lowest BCUT2D eigenvalue weighted by Gasteiger charge is -2.21. The predicted molar refractivity (Wildman–Crippen MR) is 58.3 cm³/mol. The van der Waals surface area contributed by atoms with Crippen LogP contribution < -0.4 is 5.32 Å². The van der Waals surface area contributed by atoms with E-state index in [1.54, 1.807) is 12.1 Å². The number of alkyl halides is 1. The molecule has 0 amide bonds. The van der Waals surface area contributed by atoms with Crippen LogP contribution in [0.2, 0.25) is 0 Å². The average molecular weight is 223 g/mol. The fourth-order valence-electron chi connectivity index (χ4n) is 3.16. The van der Waals surface area contributed by atoms with E-state index in [-0.39, 0.29) is 5.82 Å². The fraction of sp³-hybridized carbons (Fsp3) is 0.538. The van der Waals surface area contributed by atoms with Gasteiger partial charge < -0.3 is 5.32 Å². The molecule has 2 aliphatic rings. The number of halogens is 2. The van der Waals surface area contributed by atoms with Gasteiger partial charge in [0.2, 0.25) is 0 Å². The van der Waals surface area contributed by atoms with Gasteiger partial charge in [0.25, 0.3) is 0 Å². The van der Waals surface area contributed by atoms with Crippen LogP contribution in [0.15, 0.2) is 24.3 Å². The van der Waals surface area contributed by atoms with Crippen LogP contribution in [0, 0.1) is 17.7 Å². The molecule has 1 N–H and O–H groups in total. The summed E-state index contributed by atoms with van der Waals surface area (Å²) in [6.45, 7) is 1.86. The van der Waals surface area contributed by atoms with E-state index in [9.17, 15) is 8.78 Å². The highest BCUT2D eigenvalue weighted by Crippen LogP contribution is 2.49. The van der Waals surface area contributed by atoms with Crippen LogP contribution in [0.3, 0.4) is 0 Å². The first kappa shape index (κ1) is 10.2. The van der Waals surface area contributed by atoms with E-state index in [0.29, 0.717) is 30.2 Å². The van der Waals surface area contributed by atoms with Gasteiger partial charge in [-0.25, -0.2) is 8.78 Å². The zero-order chi connectivity index (χ0) is 11.2. The highest BCUT2D eigenvalue weighted by Gasteiger charge is 2.48. The van der Waals surface area contributed by atoms with Gasteiger partial charge in [-0.15, -0.1) is 0 Å². The summed E-state index contributed by atoms with van der Waals surface area (Å²) in [5.74, 6) is 0.609. The van der Waals surface area contributed by atoms with Crippen LogP contribution in [0.1, 0.15) is 18.4 Å². The van der Waals surface area contributed by atoms with Gasteiger partial charge in [0, 0.05) is 0 Å². The molecule has 1 nitrogen and oxygen atoms in total. The molecule has 2 unspecified atom stereocenters. The molecule has 2 atom stereocenters. The smallest absolute Gasteiger partial charge is 0.136 e. The van der Waals surface area contributed by atoms with Gasteiger partial charge in [-0.1, -0.05) is 12.1 Å². The third-order valence-corrected chi connectivity index (χ3v) is 4.01. The highest BCUT2D eigenvalue weighted by atomic mass is 19.1. The second-order valence-corrected chi connectivity index (χ2v) is 5.06. The Balaban J connectivity index is 1.86. The van der Waals surface area contributed by atoms with Crippen LogP contribution in [0.5, 0.6) is 0 Å². The molecule has 1 aliphatic heterocycles. The summed E-state index contributed by atoms with van der Waals surface area (Å²) in [5.41, 5.74) is -0.589. The van der Waals surface area contributed by atoms with Crippen molar-refractivity contribution in [2.75, 3.05) is 13.1 Å². The first-order valence-electron chi connectivity index (χ1n) is 5.83. The summed E-state index contributed by atoms with van der Waals surface area (Å²) in [4.78, 5) is 0. The zero-order valence-corrected chi connectivity index (χ0v) is 9.05. The first-order chi connectivity index (χ1) is 7.67. The molecule has 0 spiro atoms. The van der Waals surface area contributed by atoms with Crippen molar-refractivity contribution in [3.05, 3.63) is 35.6 Å². The summed E-state index contributed by atoms with van der Waals surface area (Å²) >= 11 is 0. The van der Waals surface area contributed by atoms with Gasteiger partial charge in [-0.05, 0) is 55.5 Å². The molecule has 1 heterocycles. The van der Waals surface area contributed by atoms with Gasteiger partial charge in [-0.2, -0.15) is 0 Å². The Morgan fingerprint density at radius 1 is 1.06 bits per heavy atom. The normalized spacial score (nSPS) is 37.6. The summed E-state index contributed by atoms with van der Waals surface area (Å²) in [5, 5.41) is 3.30. The fourth-order valence-corrected chi connectivity index (χ4v) is 3.16. The quantitative estimate of drug-likeness (QED) is 0.771. The number of rotatable bonds is 1. The molecular weight excluding hydrogens is 208 g/mol. The molecule has 16 heavy (non-hydrogen) atoms. The van der Waals surface area contributed by atoms with Crippen LogP contribution >= 0.6 is 0 Å². The van der Waals surface area contributed by atoms with Crippen molar-refractivity contribution in [3.8, 4) is 0 Å². The van der Waals surface area contributed by atoms with Crippen molar-refractivity contribution in [1.29, 1.82) is 0 Å². The van der Waals surface area contributed by atoms with Crippen molar-refractivity contribution in [2.45, 2.75) is 18.5 Å². The summed E-state index contributed by atoms with van der Waals surface area (Å²) in [7, 11) is 0. The Morgan fingerprint density at radius 2 is 1.62 bits per heavy atom. The number of hydrogen-bond acceptors (Lipinski definition) is 1. The van der Waals surface area contributed by atoms with Crippen molar-refractivity contribution in [2.24, 2.45) is 11.8 Å². The maximum atomic E-state index is 14.7. The second-order valence-electron chi connectivity index (χ2n) is 5.06. The van der Waals surface area contributed by atoms with Crippen molar-refractivity contribution < 1.29 is 8.78 Å². The predicted octanol–water partition coefficient (Wildman–Crippen LogP) is 2.62. The third-order valence-electron chi connectivity index (χ3n) is 4.01. The van der Waals surface area contributed by atoms with Crippen LogP contribution in [-0.2, 0) is 5.67 Å². The molecule has 86 valence electrons. The van der Waals surface area contributed by atoms with E-state index in [1.807, 2.05) is 0 Å². The third kappa shape index (κ3) is 1.54. The maximum Gasteiger partial charge on any atom is 0.136 e. The van der Waals surface area contributed by atoms with E-state index in [0.717, 1.165) is 13.1 Å². The second kappa shape index (κ2) is 3.52. The molecular formula is C13H15F2N. The largest absolute Gasteiger partial charge is 0.316 e. The summed E-state index contributed by atoms with van der Waals surface area (Å²) < 4.78 is 27.5. The van der Waals surface area contributed by atoms with E-state index in [4.69, 9.17) is 0 Å². The Hall–Kier alpha value is -0.960. The monoisotopic (exact) mass is 223 g/mol. The van der Waals surface area contributed by atoms with E-state index in [2.05, 4.69) is 5.32 Å². The van der Waals surface area contributed by atoms with Crippen LogP contribution in [0.25, 0.3) is 0 Å². The minimum atomic E-state index is -1.23. The zero-order valence-electron chi connectivity index (χ0n) is 9.05. The Morgan fingerprint density at radius 3 is 2.19 bits per heavy atom. The van der Waals surface area contributed by atoms with Gasteiger partial charge in [0.1, 0.15) is 11.5 Å². The van der Waals surface area contributed by atoms with Gasteiger partial charge in [0.05, 0.1) is 0 Å². The van der Waals surface area contributed by atoms with E-state index < -0.39 is 5.67 Å². The van der Waals surface area contributed by atoms with Crippen LogP contribution in [0.4, 0.5) is 8.78 Å². The Bertz CT molecular complexity index is 375. The Labute approximate surface area is 93.9 Å². The highest BCUT2D eigenvalue weighted by molar-refractivity contribution is 5.25. The lowest BCUT2D eigenvalue weighted by molar-refractivity contribution is 0.161. The van der Waals surface area contributed by atoms with E-state index >= 15 is 0 Å². The van der Waals surface area contributed by atoms with E-state index in [1.165, 1.54) is 12.1 Å². The van der Waals surface area contributed by atoms with Crippen molar-refractivity contribution in [3.63, 3.8) is 0 Å². The van der Waals surface area contributed by atoms with Gasteiger partial charge in [0.15, 0.2) is 0 Å². The van der Waals surface area contributed by atoms with Crippen molar-refractivity contribution in [1.82, 2.24) is 5.32 Å². The molecule has 1 aromatic rings. The number of hydrogen-bond donors (Lipinski definition) is 1. The molecule has 1 saturated heterocycles. The topological polar surface area (TPSA) is 12.0 Å². The molecule has 1 saturated carbocycles. The lowest BCUT2D eigenvalue weighted by Crippen LogP contribution is -2.21. The summed E-state index contributed by atoms with van der Waals surface area (Å²) in [6.07, 6.45) is 1.16. The summed E-state index contributed by atoms with van der Waals surface area (Å²) in [6, 6.07) is 5.87. The minimum Gasteiger partial charge on any atom is -0.316 e. The van der Waals surface area contributed by atoms with Crippen molar-refractivity contribution >= 4 is 0 Å². The number of benzene rings is 1. The average Bonchev–Trinajstić information content (AvgIpc) is 2.77. The molecule has 2 fully saturated rings. The molecule has 0 bridgehead atoms. The maximum absolute atomic E-state index is 14.7. The SMILES string of the molecule is Fc1ccc(C2(F)CC3CNCC3C2)cc1. The number of fused-ring (bicyclic) bond motifs is 1. The molecule has 1 aromatic carbocycles. The van der Waals surface area contributed by atoms with Gasteiger partial charge in [-0.3, -0.25) is 0 Å². The number of nitrogens with one attached hydrogen (secondary N) is 1. The molecule has 3 heteroatoms. The molecule has 1 aliphatic carbocycles. The Kier molecular flexibility index (Phi) is 2.25. The molecule has 0 aromatic heterocycles. The minimum absolute atomic E-state index is 0.299. The van der Waals surface area contributed by atoms with Crippen LogP contribution in [-0.4, -0.2) is 13.1 Å². The lowest BCUT2D eigenvalue weighted by atomic mass is 9.92. The first-order valence-corrected chi connectivity index (χ1v) is 5.83. The molecule has 0 radical (unpaired) electrons. The standard InChI is InChI=1S/C13H15F2N/c14-12-3-1-11(2-4-12)13(15)5-9-7-16-8-10(9)6-13/h1-4,9-10,16H,5-8H2. The molecule has 3 rings (SSSR count).